The van der Waals surface area contributed by atoms with E-state index >= 15 is 0 Å². The second kappa shape index (κ2) is 6.64. The largest absolute Gasteiger partial charge is 0.375 e. The molecule has 0 aliphatic carbocycles. The average molecular weight is 491 g/mol. The molecular formula is C19H13Br2N3OS. The van der Waals surface area contributed by atoms with Gasteiger partial charge in [-0.2, -0.15) is 0 Å². The Bertz CT molecular complexity index is 1070. The maximum absolute atomic E-state index is 12.5. The van der Waals surface area contributed by atoms with Gasteiger partial charge in [-0.15, -0.1) is 11.3 Å². The monoisotopic (exact) mass is 489 g/mol. The molecule has 2 heterocycles. The lowest BCUT2D eigenvalue weighted by atomic mass is 10.0. The second-order valence-electron chi connectivity index (χ2n) is 5.95. The number of nitrogens with zero attached hydrogens (tertiary/aromatic N) is 1. The summed E-state index contributed by atoms with van der Waals surface area (Å²) in [6.45, 7) is 2.02. The Kier molecular flexibility index (Phi) is 4.46. The predicted octanol–water partition coefficient (Wildman–Crippen LogP) is 5.72. The van der Waals surface area contributed by atoms with Crippen LogP contribution in [0.5, 0.6) is 0 Å². The summed E-state index contributed by atoms with van der Waals surface area (Å²) in [6, 6.07) is 9.83. The van der Waals surface area contributed by atoms with E-state index in [2.05, 4.69) is 42.2 Å². The minimum absolute atomic E-state index is 0.109. The molecule has 0 unspecified atom stereocenters. The number of halogens is 2. The molecule has 4 nitrogen and oxygen atoms in total. The first kappa shape index (κ1) is 17.5. The molecule has 130 valence electrons. The number of hydrogen-bond acceptors (Lipinski definition) is 4. The van der Waals surface area contributed by atoms with Crippen LogP contribution in [0, 0.1) is 6.92 Å². The zero-order valence-corrected chi connectivity index (χ0v) is 17.6. The van der Waals surface area contributed by atoms with E-state index < -0.39 is 0 Å². The van der Waals surface area contributed by atoms with Gasteiger partial charge < -0.3 is 11.1 Å². The Morgan fingerprint density at radius 2 is 1.92 bits per heavy atom. The lowest BCUT2D eigenvalue weighted by molar-refractivity contribution is -0.110. The van der Waals surface area contributed by atoms with Crippen LogP contribution < -0.4 is 11.1 Å². The summed E-state index contributed by atoms with van der Waals surface area (Å²) in [5, 5.41) is 5.36. The van der Waals surface area contributed by atoms with E-state index in [4.69, 9.17) is 5.73 Å². The molecule has 0 spiro atoms. The van der Waals surface area contributed by atoms with Gasteiger partial charge in [-0.25, -0.2) is 4.98 Å². The summed E-state index contributed by atoms with van der Waals surface area (Å²) < 4.78 is 1.98. The average Bonchev–Trinajstić information content (AvgIpc) is 3.16. The number of nitrogen functional groups attached to an aromatic ring is 1. The number of benzene rings is 2. The van der Waals surface area contributed by atoms with Crippen LogP contribution in [0.1, 0.15) is 16.7 Å². The summed E-state index contributed by atoms with van der Waals surface area (Å²) in [6.07, 6.45) is 1.90. The lowest BCUT2D eigenvalue weighted by Crippen LogP contribution is -2.03. The Balaban J connectivity index is 1.81. The smallest absolute Gasteiger partial charge is 0.256 e. The Hall–Kier alpha value is -1.96. The number of nitrogens with two attached hydrogens (primary N) is 1. The number of thiazole rings is 1. The van der Waals surface area contributed by atoms with Crippen molar-refractivity contribution in [2.45, 2.75) is 6.92 Å². The maximum atomic E-state index is 12.5. The highest BCUT2D eigenvalue weighted by molar-refractivity contribution is 9.11. The zero-order valence-electron chi connectivity index (χ0n) is 13.6. The van der Waals surface area contributed by atoms with Crippen molar-refractivity contribution in [3.63, 3.8) is 0 Å². The van der Waals surface area contributed by atoms with E-state index in [1.54, 1.807) is 0 Å². The predicted molar refractivity (Wildman–Crippen MR) is 115 cm³/mol. The number of amides is 1. The number of carbonyl (C=O) groups excluding carboxylic acids is 1. The zero-order chi connectivity index (χ0) is 18.4. The van der Waals surface area contributed by atoms with E-state index in [0.717, 1.165) is 42.6 Å². The standard InChI is InChI=1S/C19H13Br2N3OS/c1-9-14(20)5-10(6-15(9)21)4-13-12-7-11(17-8-26-19(22)24-17)2-3-16(12)23-18(13)25/h2-8H,1H3,(H2,22,24)(H,23,25)/b13-4-. The molecule has 0 bridgehead atoms. The Morgan fingerprint density at radius 1 is 1.19 bits per heavy atom. The molecule has 0 saturated heterocycles. The van der Waals surface area contributed by atoms with Gasteiger partial charge in [0.15, 0.2) is 5.13 Å². The Morgan fingerprint density at radius 3 is 2.58 bits per heavy atom. The lowest BCUT2D eigenvalue weighted by Gasteiger charge is -2.05. The molecule has 3 N–H and O–H groups in total. The molecule has 0 atom stereocenters. The van der Waals surface area contributed by atoms with Gasteiger partial charge >= 0.3 is 0 Å². The van der Waals surface area contributed by atoms with Crippen molar-refractivity contribution in [1.82, 2.24) is 4.98 Å². The van der Waals surface area contributed by atoms with Gasteiger partial charge in [-0.3, -0.25) is 4.79 Å². The van der Waals surface area contributed by atoms with Crippen LogP contribution in [0.25, 0.3) is 22.9 Å². The second-order valence-corrected chi connectivity index (χ2v) is 8.55. The number of rotatable bonds is 2. The van der Waals surface area contributed by atoms with E-state index in [9.17, 15) is 4.79 Å². The molecule has 0 fully saturated rings. The van der Waals surface area contributed by atoms with Crippen molar-refractivity contribution in [2.24, 2.45) is 0 Å². The normalized spacial score (nSPS) is 14.6. The molecule has 2 aromatic carbocycles. The molecule has 1 aromatic heterocycles. The third kappa shape index (κ3) is 3.11. The summed E-state index contributed by atoms with van der Waals surface area (Å²) in [5.74, 6) is -0.109. The summed E-state index contributed by atoms with van der Waals surface area (Å²) in [7, 11) is 0. The summed E-state index contributed by atoms with van der Waals surface area (Å²) >= 11 is 8.52. The van der Waals surface area contributed by atoms with Gasteiger partial charge in [0, 0.05) is 36.7 Å². The van der Waals surface area contributed by atoms with E-state index in [1.165, 1.54) is 11.3 Å². The molecule has 1 amide bonds. The Labute approximate surface area is 171 Å². The fourth-order valence-corrected chi connectivity index (χ4v) is 4.62. The van der Waals surface area contributed by atoms with Gasteiger partial charge in [-0.1, -0.05) is 37.9 Å². The summed E-state index contributed by atoms with van der Waals surface area (Å²) in [5.41, 5.74) is 11.9. The van der Waals surface area contributed by atoms with Crippen molar-refractivity contribution < 1.29 is 4.79 Å². The van der Waals surface area contributed by atoms with Crippen molar-refractivity contribution in [3.8, 4) is 11.3 Å². The molecule has 7 heteroatoms. The molecule has 3 aromatic rings. The van der Waals surface area contributed by atoms with Crippen LogP contribution in [0.15, 0.2) is 44.7 Å². The fraction of sp³-hybridized carbons (Fsp3) is 0.0526. The van der Waals surface area contributed by atoms with Crippen molar-refractivity contribution in [2.75, 3.05) is 11.1 Å². The van der Waals surface area contributed by atoms with Crippen LogP contribution in [0.4, 0.5) is 10.8 Å². The molecule has 4 rings (SSSR count). The molecular weight excluding hydrogens is 478 g/mol. The van der Waals surface area contributed by atoms with Gasteiger partial charge in [0.05, 0.1) is 5.69 Å². The van der Waals surface area contributed by atoms with Crippen LogP contribution in [0.3, 0.4) is 0 Å². The molecule has 0 radical (unpaired) electrons. The summed E-state index contributed by atoms with van der Waals surface area (Å²) in [4.78, 5) is 16.8. The highest BCUT2D eigenvalue weighted by Gasteiger charge is 2.25. The number of nitrogens with one attached hydrogen (secondary N) is 1. The van der Waals surface area contributed by atoms with Crippen molar-refractivity contribution >= 4 is 71.6 Å². The van der Waals surface area contributed by atoms with Crippen LogP contribution >= 0.6 is 43.2 Å². The number of carbonyl (C=O) groups is 1. The SMILES string of the molecule is Cc1c(Br)cc(/C=C2\C(=O)Nc3ccc(-c4csc(N)n4)cc32)cc1Br. The minimum atomic E-state index is -0.109. The first-order chi connectivity index (χ1) is 12.4. The van der Waals surface area contributed by atoms with Gasteiger partial charge in [-0.05, 0) is 48.4 Å². The first-order valence-electron chi connectivity index (χ1n) is 7.77. The maximum Gasteiger partial charge on any atom is 0.256 e. The van der Waals surface area contributed by atoms with Crippen LogP contribution in [-0.4, -0.2) is 10.9 Å². The molecule has 0 saturated carbocycles. The molecule has 1 aliphatic heterocycles. The highest BCUT2D eigenvalue weighted by Crippen LogP contribution is 2.37. The van der Waals surface area contributed by atoms with Crippen LogP contribution in [-0.2, 0) is 4.79 Å². The van der Waals surface area contributed by atoms with Gasteiger partial charge in [0.1, 0.15) is 0 Å². The third-order valence-electron chi connectivity index (χ3n) is 4.23. The number of aromatic nitrogens is 1. The van der Waals surface area contributed by atoms with E-state index in [0.29, 0.717) is 10.7 Å². The van der Waals surface area contributed by atoms with Gasteiger partial charge in [0.2, 0.25) is 0 Å². The molecule has 26 heavy (non-hydrogen) atoms. The highest BCUT2D eigenvalue weighted by atomic mass is 79.9. The number of hydrogen-bond donors (Lipinski definition) is 2. The molecule has 1 aliphatic rings. The van der Waals surface area contributed by atoms with Crippen LogP contribution in [0.2, 0.25) is 0 Å². The van der Waals surface area contributed by atoms with E-state index in [-0.39, 0.29) is 5.91 Å². The van der Waals surface area contributed by atoms with Crippen molar-refractivity contribution in [1.29, 1.82) is 0 Å². The number of anilines is 2. The fourth-order valence-electron chi connectivity index (χ4n) is 2.83. The first-order valence-corrected chi connectivity index (χ1v) is 10.2. The van der Waals surface area contributed by atoms with Gasteiger partial charge in [0.25, 0.3) is 5.91 Å². The minimum Gasteiger partial charge on any atom is -0.375 e. The quantitative estimate of drug-likeness (QED) is 0.451. The van der Waals surface area contributed by atoms with E-state index in [1.807, 2.05) is 48.7 Å². The topological polar surface area (TPSA) is 68.0 Å². The number of fused-ring (bicyclic) bond motifs is 1. The third-order valence-corrected chi connectivity index (χ3v) is 6.56. The van der Waals surface area contributed by atoms with Crippen molar-refractivity contribution in [3.05, 3.63) is 61.3 Å².